The Bertz CT molecular complexity index is 1750. The molecule has 3 N–H and O–H groups in total. The predicted molar refractivity (Wildman–Crippen MR) is 377 cm³/mol. The third-order valence-corrected chi connectivity index (χ3v) is 15.5. The van der Waals surface area contributed by atoms with Crippen molar-refractivity contribution in [2.75, 3.05) is 6.61 Å². The molecule has 2 unspecified atom stereocenters. The van der Waals surface area contributed by atoms with Crippen molar-refractivity contribution in [2.45, 2.75) is 334 Å². The van der Waals surface area contributed by atoms with E-state index in [2.05, 4.69) is 165 Å². The van der Waals surface area contributed by atoms with Gasteiger partial charge in [0.25, 0.3) is 0 Å². The van der Waals surface area contributed by atoms with Crippen molar-refractivity contribution in [1.82, 2.24) is 5.32 Å². The molecule has 1 amide bonds. The van der Waals surface area contributed by atoms with Gasteiger partial charge in [-0.15, -0.1) is 0 Å². The zero-order chi connectivity index (χ0) is 60.5. The number of unbranched alkanes of at least 4 members (excludes halogenated alkanes) is 33. The number of aliphatic hydroxyl groups is 2. The molecular formula is C80H135NO3. The second kappa shape index (κ2) is 73.3. The second-order valence-electron chi connectivity index (χ2n) is 23.6. The summed E-state index contributed by atoms with van der Waals surface area (Å²) in [7, 11) is 0. The summed E-state index contributed by atoms with van der Waals surface area (Å²) < 4.78 is 0. The number of aliphatic hydroxyl groups excluding tert-OH is 2. The number of carbonyl (C=O) groups excluding carboxylic acids is 1. The molecule has 0 rings (SSSR count). The van der Waals surface area contributed by atoms with Crippen LogP contribution in [0.2, 0.25) is 0 Å². The van der Waals surface area contributed by atoms with Gasteiger partial charge in [-0.2, -0.15) is 0 Å². The quantitative estimate of drug-likeness (QED) is 0.0420. The monoisotopic (exact) mass is 1160 g/mol. The summed E-state index contributed by atoms with van der Waals surface area (Å²) in [5.41, 5.74) is 0. The molecule has 0 bridgehead atoms. The molecule has 0 aliphatic carbocycles. The van der Waals surface area contributed by atoms with Gasteiger partial charge in [0.1, 0.15) is 0 Å². The average Bonchev–Trinajstić information content (AvgIpc) is 3.51. The van der Waals surface area contributed by atoms with E-state index in [9.17, 15) is 15.0 Å². The van der Waals surface area contributed by atoms with E-state index in [4.69, 9.17) is 0 Å². The summed E-state index contributed by atoms with van der Waals surface area (Å²) in [6.45, 7) is 4.20. The first-order valence-electron chi connectivity index (χ1n) is 35.7. The van der Waals surface area contributed by atoms with Crippen molar-refractivity contribution in [2.24, 2.45) is 0 Å². The van der Waals surface area contributed by atoms with E-state index in [0.29, 0.717) is 6.42 Å². The van der Waals surface area contributed by atoms with Gasteiger partial charge in [-0.1, -0.05) is 364 Å². The summed E-state index contributed by atoms with van der Waals surface area (Å²) >= 11 is 0. The normalized spacial score (nSPS) is 13.7. The topological polar surface area (TPSA) is 69.6 Å². The largest absolute Gasteiger partial charge is 0.394 e. The van der Waals surface area contributed by atoms with E-state index < -0.39 is 12.1 Å². The molecule has 4 nitrogen and oxygen atoms in total. The van der Waals surface area contributed by atoms with Crippen molar-refractivity contribution in [1.29, 1.82) is 0 Å². The highest BCUT2D eigenvalue weighted by atomic mass is 16.3. The van der Waals surface area contributed by atoms with Crippen molar-refractivity contribution < 1.29 is 15.0 Å². The fourth-order valence-corrected chi connectivity index (χ4v) is 10.2. The Labute approximate surface area is 522 Å². The Balaban J connectivity index is 3.62. The molecule has 0 aliphatic heterocycles. The summed E-state index contributed by atoms with van der Waals surface area (Å²) in [4.78, 5) is 12.5. The van der Waals surface area contributed by atoms with Crippen LogP contribution in [0, 0.1) is 0 Å². The first-order chi connectivity index (χ1) is 41.7. The molecule has 0 heterocycles. The molecule has 2 atom stereocenters. The van der Waals surface area contributed by atoms with Crippen LogP contribution in [-0.4, -0.2) is 34.9 Å². The van der Waals surface area contributed by atoms with Gasteiger partial charge in [0, 0.05) is 6.42 Å². The van der Waals surface area contributed by atoms with Crippen LogP contribution in [0.15, 0.2) is 158 Å². The van der Waals surface area contributed by atoms with E-state index in [1.807, 2.05) is 6.08 Å². The highest BCUT2D eigenvalue weighted by Crippen LogP contribution is 2.17. The minimum absolute atomic E-state index is 0.0911. The van der Waals surface area contributed by atoms with Crippen LogP contribution in [0.3, 0.4) is 0 Å². The molecule has 0 radical (unpaired) electrons. The third kappa shape index (κ3) is 68.8. The summed E-state index contributed by atoms with van der Waals surface area (Å²) in [6, 6.07) is -0.650. The number of hydrogen-bond donors (Lipinski definition) is 3. The number of carbonyl (C=O) groups is 1. The first kappa shape index (κ1) is 80.0. The highest BCUT2D eigenvalue weighted by Gasteiger charge is 2.18. The van der Waals surface area contributed by atoms with Crippen LogP contribution in [0.4, 0.5) is 0 Å². The zero-order valence-corrected chi connectivity index (χ0v) is 55.1. The maximum atomic E-state index is 12.5. The van der Waals surface area contributed by atoms with Crippen molar-refractivity contribution in [3.63, 3.8) is 0 Å². The smallest absolute Gasteiger partial charge is 0.220 e. The fraction of sp³-hybridized carbons (Fsp3) is 0.662. The predicted octanol–water partition coefficient (Wildman–Crippen LogP) is 24.8. The lowest BCUT2D eigenvalue weighted by atomic mass is 10.0. The van der Waals surface area contributed by atoms with Crippen LogP contribution < -0.4 is 5.32 Å². The Morgan fingerprint density at radius 3 is 0.786 bits per heavy atom. The SMILES string of the molecule is CC/C=C\C/C=C\C/C=C\C/C=C\C/C=C\C/C=C\C/C=C\C/C=C\C/C=C\C/C=C\C/C=C\C/C=C\CCCCCCC(=O)NC(CO)C(O)/C=C/CCCCCCCCCCCCCCCCCCCCCCCCCCCCCCC. The molecular weight excluding hydrogens is 1020 g/mol. The van der Waals surface area contributed by atoms with Crippen LogP contribution in [0.5, 0.6) is 0 Å². The van der Waals surface area contributed by atoms with Gasteiger partial charge >= 0.3 is 0 Å². The Morgan fingerprint density at radius 1 is 0.298 bits per heavy atom. The van der Waals surface area contributed by atoms with E-state index in [0.717, 1.165) is 122 Å². The van der Waals surface area contributed by atoms with Gasteiger partial charge in [0.2, 0.25) is 5.91 Å². The van der Waals surface area contributed by atoms with Crippen LogP contribution >= 0.6 is 0 Å². The number of hydrogen-bond acceptors (Lipinski definition) is 3. The van der Waals surface area contributed by atoms with Crippen LogP contribution in [-0.2, 0) is 4.79 Å². The molecule has 478 valence electrons. The lowest BCUT2D eigenvalue weighted by Gasteiger charge is -2.20. The summed E-state index contributed by atoms with van der Waals surface area (Å²) in [5, 5.41) is 23.3. The van der Waals surface area contributed by atoms with E-state index in [1.165, 1.54) is 180 Å². The molecule has 0 aliphatic rings. The van der Waals surface area contributed by atoms with E-state index in [1.54, 1.807) is 6.08 Å². The third-order valence-electron chi connectivity index (χ3n) is 15.5. The fourth-order valence-electron chi connectivity index (χ4n) is 10.2. The number of allylic oxidation sites excluding steroid dienone is 25. The minimum Gasteiger partial charge on any atom is -0.394 e. The molecule has 0 aromatic heterocycles. The summed E-state index contributed by atoms with van der Waals surface area (Å²) in [6.07, 6.45) is 116. The zero-order valence-electron chi connectivity index (χ0n) is 55.1. The van der Waals surface area contributed by atoms with Gasteiger partial charge in [0.15, 0.2) is 0 Å². The minimum atomic E-state index is -0.864. The van der Waals surface area contributed by atoms with E-state index >= 15 is 0 Å². The molecule has 0 saturated carbocycles. The number of nitrogens with one attached hydrogen (secondary N) is 1. The van der Waals surface area contributed by atoms with E-state index in [-0.39, 0.29) is 12.5 Å². The Kier molecular flexibility index (Phi) is 69.8. The molecule has 0 aromatic carbocycles. The van der Waals surface area contributed by atoms with Crippen LogP contribution in [0.1, 0.15) is 322 Å². The Hall–Kier alpha value is -3.99. The van der Waals surface area contributed by atoms with Crippen LogP contribution in [0.25, 0.3) is 0 Å². The highest BCUT2D eigenvalue weighted by molar-refractivity contribution is 5.76. The first-order valence-corrected chi connectivity index (χ1v) is 35.7. The van der Waals surface area contributed by atoms with Gasteiger partial charge in [0.05, 0.1) is 18.8 Å². The molecule has 4 heteroatoms. The van der Waals surface area contributed by atoms with Crippen molar-refractivity contribution in [3.8, 4) is 0 Å². The second-order valence-corrected chi connectivity index (χ2v) is 23.6. The van der Waals surface area contributed by atoms with Gasteiger partial charge in [-0.05, 0) is 109 Å². The average molecular weight is 1160 g/mol. The molecule has 0 saturated heterocycles. The number of amides is 1. The molecule has 0 spiro atoms. The van der Waals surface area contributed by atoms with Gasteiger partial charge < -0.3 is 15.5 Å². The standard InChI is InChI=1S/C80H135NO3/c1-3-5-7-9-11-13-15-17-19-21-23-25-27-29-31-33-35-36-37-38-39-40-41-42-43-44-46-48-50-52-54-56-58-60-62-64-66-68-70-72-74-76-80(84)81-78(77-82)79(83)75-73-71-69-67-65-63-61-59-57-55-53-51-49-47-45-34-32-30-28-26-24-22-20-18-16-14-12-10-8-6-4-2/h5,7,11,13,17,19,23,25,29,31,35-36,38-39,41-42,44,46,50,52,56,58,62,64,73,75,78-79,82-83H,3-4,6,8-10,12,14-16,18,20-22,24,26-28,30,32-34,37,40,43,45,47-49,51,53-55,57,59-61,63,65-72,74,76-77H2,1-2H3,(H,81,84)/b7-5-,13-11-,19-17-,25-23-,31-29-,36-35-,39-38-,42-41-,46-44-,52-50-,58-56-,64-62-,75-73+. The Morgan fingerprint density at radius 2 is 0.524 bits per heavy atom. The van der Waals surface area contributed by atoms with Gasteiger partial charge in [-0.3, -0.25) is 4.79 Å². The molecule has 0 aromatic rings. The maximum Gasteiger partial charge on any atom is 0.220 e. The number of rotatable bonds is 64. The molecule has 0 fully saturated rings. The maximum absolute atomic E-state index is 12.5. The summed E-state index contributed by atoms with van der Waals surface area (Å²) in [5.74, 6) is -0.0911. The lowest BCUT2D eigenvalue weighted by molar-refractivity contribution is -0.123. The van der Waals surface area contributed by atoms with Gasteiger partial charge in [-0.25, -0.2) is 0 Å². The lowest BCUT2D eigenvalue weighted by Crippen LogP contribution is -2.45. The van der Waals surface area contributed by atoms with Crippen molar-refractivity contribution in [3.05, 3.63) is 158 Å². The van der Waals surface area contributed by atoms with Crippen molar-refractivity contribution >= 4 is 5.91 Å². The molecule has 84 heavy (non-hydrogen) atoms.